The smallest absolute Gasteiger partial charge is 0.337 e. The van der Waals surface area contributed by atoms with Crippen molar-refractivity contribution in [3.05, 3.63) is 29.8 Å². The van der Waals surface area contributed by atoms with Gasteiger partial charge in [0.15, 0.2) is 0 Å². The van der Waals surface area contributed by atoms with Crippen LogP contribution in [0.1, 0.15) is 30.1 Å². The maximum absolute atomic E-state index is 12.1. The molecule has 0 aliphatic rings. The third-order valence-corrected chi connectivity index (χ3v) is 2.99. The molecule has 0 aliphatic heterocycles. The number of carboxylic acids is 1. The van der Waals surface area contributed by atoms with Crippen LogP contribution in [0.15, 0.2) is 24.3 Å². The van der Waals surface area contributed by atoms with Crippen LogP contribution in [0.5, 0.6) is 0 Å². The quantitative estimate of drug-likeness (QED) is 0.810. The van der Waals surface area contributed by atoms with Gasteiger partial charge in [0.2, 0.25) is 0 Å². The number of hydrogen-bond donors (Lipinski definition) is 2. The zero-order valence-corrected chi connectivity index (χ0v) is 11.6. The highest BCUT2D eigenvalue weighted by Gasteiger charge is 2.19. The Kier molecular flexibility index (Phi) is 5.60. The second kappa shape index (κ2) is 7.19. The van der Waals surface area contributed by atoms with Gasteiger partial charge in [-0.3, -0.25) is 4.90 Å². The minimum Gasteiger partial charge on any atom is -0.478 e. The predicted molar refractivity (Wildman–Crippen MR) is 77.9 cm³/mol. The summed E-state index contributed by atoms with van der Waals surface area (Å²) in [7, 11) is 1.53. The van der Waals surface area contributed by atoms with Crippen molar-refractivity contribution in [1.82, 2.24) is 5.32 Å². The van der Waals surface area contributed by atoms with Gasteiger partial charge in [-0.05, 0) is 18.6 Å². The zero-order chi connectivity index (χ0) is 15.1. The minimum atomic E-state index is -1.07. The molecule has 1 aromatic carbocycles. The number of urea groups is 1. The molecule has 20 heavy (non-hydrogen) atoms. The van der Waals surface area contributed by atoms with Gasteiger partial charge in [-0.1, -0.05) is 19.1 Å². The molecule has 1 rings (SSSR count). The molecule has 2 N–H and O–H groups in total. The first kappa shape index (κ1) is 15.6. The Morgan fingerprint density at radius 2 is 2.10 bits per heavy atom. The maximum atomic E-state index is 12.1. The summed E-state index contributed by atoms with van der Waals surface area (Å²) < 4.78 is 0. The van der Waals surface area contributed by atoms with Crippen molar-refractivity contribution in [2.24, 2.45) is 0 Å². The molecule has 106 valence electrons. The number of nitrogens with one attached hydrogen (secondary N) is 1. The van der Waals surface area contributed by atoms with Crippen molar-refractivity contribution >= 4 is 17.7 Å². The molecule has 0 aromatic heterocycles. The molecule has 0 bridgehead atoms. The van der Waals surface area contributed by atoms with E-state index in [-0.39, 0.29) is 17.6 Å². The second-order valence-corrected chi connectivity index (χ2v) is 4.34. The molecule has 0 radical (unpaired) electrons. The Morgan fingerprint density at radius 3 is 2.65 bits per heavy atom. The topological polar surface area (TPSA) is 69.6 Å². The van der Waals surface area contributed by atoms with E-state index in [0.717, 1.165) is 0 Å². The van der Waals surface area contributed by atoms with Gasteiger partial charge < -0.3 is 10.4 Å². The van der Waals surface area contributed by atoms with Crippen molar-refractivity contribution in [3.63, 3.8) is 0 Å². The summed E-state index contributed by atoms with van der Waals surface area (Å²) in [6.45, 7) is 1.92. The number of carbonyl (C=O) groups is 2. The summed E-state index contributed by atoms with van der Waals surface area (Å²) in [5.41, 5.74) is 0.420. The molecule has 1 aromatic rings. The molecule has 1 atom stereocenters. The second-order valence-electron chi connectivity index (χ2n) is 4.34. The highest BCUT2D eigenvalue weighted by molar-refractivity contribution is 6.01. The van der Waals surface area contributed by atoms with Crippen LogP contribution < -0.4 is 10.2 Å². The number of hydrogen-bond acceptors (Lipinski definition) is 2. The fraction of sp³-hybridized carbons (Fsp3) is 0.333. The van der Waals surface area contributed by atoms with E-state index in [2.05, 4.69) is 11.2 Å². The van der Waals surface area contributed by atoms with Crippen molar-refractivity contribution < 1.29 is 14.7 Å². The Balaban J connectivity index is 2.90. The molecule has 0 fully saturated rings. The summed E-state index contributed by atoms with van der Waals surface area (Å²) in [6, 6.07) is 5.86. The van der Waals surface area contributed by atoms with E-state index in [1.54, 1.807) is 18.2 Å². The Hall–Kier alpha value is -2.48. The number of nitrogens with zero attached hydrogens (tertiary/aromatic N) is 1. The highest BCUT2D eigenvalue weighted by Crippen LogP contribution is 2.19. The van der Waals surface area contributed by atoms with E-state index in [0.29, 0.717) is 18.5 Å². The lowest BCUT2D eigenvalue weighted by molar-refractivity contribution is 0.0697. The number of rotatable bonds is 5. The average molecular weight is 274 g/mol. The fourth-order valence-corrected chi connectivity index (χ4v) is 1.77. The van der Waals surface area contributed by atoms with Crippen molar-refractivity contribution in [2.75, 3.05) is 11.9 Å². The molecule has 0 spiro atoms. The molecule has 0 saturated carbocycles. The predicted octanol–water partition coefficient (Wildman–Crippen LogP) is 2.33. The lowest BCUT2D eigenvalue weighted by atomic mass is 10.1. The van der Waals surface area contributed by atoms with Gasteiger partial charge >= 0.3 is 12.0 Å². The van der Waals surface area contributed by atoms with E-state index in [1.807, 2.05) is 6.92 Å². The average Bonchev–Trinajstić information content (AvgIpc) is 2.45. The van der Waals surface area contributed by atoms with E-state index in [4.69, 9.17) is 11.5 Å². The number of terminal acetylenes is 1. The van der Waals surface area contributed by atoms with Crippen LogP contribution in [0.2, 0.25) is 0 Å². The van der Waals surface area contributed by atoms with E-state index in [9.17, 15) is 9.59 Å². The third kappa shape index (κ3) is 3.75. The SMILES string of the molecule is C#CCC(CC)NC(=O)N(C)c1ccccc1C(=O)O. The number of anilines is 1. The molecule has 2 amide bonds. The van der Waals surface area contributed by atoms with E-state index < -0.39 is 5.97 Å². The first-order valence-electron chi connectivity index (χ1n) is 6.31. The van der Waals surface area contributed by atoms with Crippen LogP contribution in [-0.2, 0) is 0 Å². The Bertz CT molecular complexity index is 534. The maximum Gasteiger partial charge on any atom is 0.337 e. The van der Waals surface area contributed by atoms with Gasteiger partial charge in [0.1, 0.15) is 0 Å². The lowest BCUT2D eigenvalue weighted by Gasteiger charge is -2.23. The van der Waals surface area contributed by atoms with Crippen LogP contribution in [0.3, 0.4) is 0 Å². The monoisotopic (exact) mass is 274 g/mol. The standard InChI is InChI=1S/C15H18N2O3/c1-4-8-11(5-2)16-15(20)17(3)13-10-7-6-9-12(13)14(18)19/h1,6-7,9-11H,5,8H2,2-3H3,(H,16,20)(H,18,19). The molecule has 0 heterocycles. The Morgan fingerprint density at radius 1 is 1.45 bits per heavy atom. The first-order chi connectivity index (χ1) is 9.51. The van der Waals surface area contributed by atoms with Crippen LogP contribution >= 0.6 is 0 Å². The molecular weight excluding hydrogens is 256 g/mol. The fourth-order valence-electron chi connectivity index (χ4n) is 1.77. The summed E-state index contributed by atoms with van der Waals surface area (Å²) >= 11 is 0. The number of amides is 2. The number of carbonyl (C=O) groups excluding carboxylic acids is 1. The van der Waals surface area contributed by atoms with Gasteiger partial charge in [0, 0.05) is 19.5 Å². The molecule has 0 aliphatic carbocycles. The van der Waals surface area contributed by atoms with E-state index in [1.165, 1.54) is 18.0 Å². The number of carboxylic acid groups (broad SMARTS) is 1. The molecular formula is C15H18N2O3. The zero-order valence-electron chi connectivity index (χ0n) is 11.6. The van der Waals surface area contributed by atoms with Crippen LogP contribution in [0.4, 0.5) is 10.5 Å². The van der Waals surface area contributed by atoms with Crippen LogP contribution in [0.25, 0.3) is 0 Å². The summed E-state index contributed by atoms with van der Waals surface area (Å²) in [4.78, 5) is 24.5. The number of aromatic carboxylic acids is 1. The highest BCUT2D eigenvalue weighted by atomic mass is 16.4. The van der Waals surface area contributed by atoms with Gasteiger partial charge in [0.05, 0.1) is 11.3 Å². The van der Waals surface area contributed by atoms with Gasteiger partial charge in [-0.15, -0.1) is 12.3 Å². The largest absolute Gasteiger partial charge is 0.478 e. The Labute approximate surface area is 118 Å². The van der Waals surface area contributed by atoms with Gasteiger partial charge in [-0.25, -0.2) is 9.59 Å². The lowest BCUT2D eigenvalue weighted by Crippen LogP contribution is -2.43. The first-order valence-corrected chi connectivity index (χ1v) is 6.31. The summed E-state index contributed by atoms with van der Waals surface area (Å²) in [5, 5.41) is 11.9. The van der Waals surface area contributed by atoms with Gasteiger partial charge in [0.25, 0.3) is 0 Å². The van der Waals surface area contributed by atoms with Crippen LogP contribution in [-0.4, -0.2) is 30.2 Å². The number of benzene rings is 1. The minimum absolute atomic E-state index is 0.0788. The normalized spacial score (nSPS) is 11.2. The van der Waals surface area contributed by atoms with Crippen molar-refractivity contribution in [3.8, 4) is 12.3 Å². The van der Waals surface area contributed by atoms with Crippen LogP contribution in [0, 0.1) is 12.3 Å². The molecule has 5 nitrogen and oxygen atoms in total. The van der Waals surface area contributed by atoms with Crippen molar-refractivity contribution in [2.45, 2.75) is 25.8 Å². The number of para-hydroxylation sites is 1. The molecule has 5 heteroatoms. The summed E-state index contributed by atoms with van der Waals surface area (Å²) in [6.07, 6.45) is 6.39. The van der Waals surface area contributed by atoms with Gasteiger partial charge in [-0.2, -0.15) is 0 Å². The van der Waals surface area contributed by atoms with E-state index >= 15 is 0 Å². The van der Waals surface area contributed by atoms with Crippen molar-refractivity contribution in [1.29, 1.82) is 0 Å². The summed E-state index contributed by atoms with van der Waals surface area (Å²) in [5.74, 6) is 1.43. The molecule has 1 unspecified atom stereocenters. The molecule has 0 saturated heterocycles. The third-order valence-electron chi connectivity index (χ3n) is 2.99.